The Morgan fingerprint density at radius 1 is 1.41 bits per heavy atom. The number of nitrogens with zero attached hydrogens (tertiary/aromatic N) is 3. The average Bonchev–Trinajstić information content (AvgIpc) is 3.06. The summed E-state index contributed by atoms with van der Waals surface area (Å²) in [5.74, 6) is 1.30. The molecule has 1 aromatic carbocycles. The van der Waals surface area contributed by atoms with E-state index in [0.29, 0.717) is 12.4 Å². The van der Waals surface area contributed by atoms with Crippen molar-refractivity contribution < 1.29 is 12.9 Å². The Hall–Kier alpha value is -1.93. The van der Waals surface area contributed by atoms with Crippen LogP contribution in [0, 0.1) is 0 Å². The average molecular weight is 322 g/mol. The second kappa shape index (κ2) is 5.69. The van der Waals surface area contributed by atoms with Crippen LogP contribution < -0.4 is 10.0 Å². The Kier molecular flexibility index (Phi) is 3.88. The van der Waals surface area contributed by atoms with Crippen LogP contribution in [-0.4, -0.2) is 25.1 Å². The predicted molar refractivity (Wildman–Crippen MR) is 80.9 cm³/mol. The molecule has 0 saturated carbocycles. The Balaban J connectivity index is 1.79. The third-order valence-corrected chi connectivity index (χ3v) is 4.59. The standard InChI is InChI=1S/C14H18N4O3S/c1-2-3-13-16-14(21-17-13)9-18-7-6-10-8-11(22(15,19)20)4-5-12(10)18/h4-5,8H,2-3,6-7,9H2,1H3,(H2,15,19,20). The van der Waals surface area contributed by atoms with Gasteiger partial charge in [-0.3, -0.25) is 0 Å². The zero-order chi connectivity index (χ0) is 15.7. The van der Waals surface area contributed by atoms with Crippen molar-refractivity contribution in [3.8, 4) is 0 Å². The Labute approximate surface area is 129 Å². The fourth-order valence-electron chi connectivity index (χ4n) is 2.63. The third-order valence-electron chi connectivity index (χ3n) is 3.68. The zero-order valence-corrected chi connectivity index (χ0v) is 13.1. The van der Waals surface area contributed by atoms with Gasteiger partial charge in [-0.1, -0.05) is 12.1 Å². The van der Waals surface area contributed by atoms with Gasteiger partial charge in [-0.25, -0.2) is 13.6 Å². The van der Waals surface area contributed by atoms with Gasteiger partial charge < -0.3 is 9.42 Å². The van der Waals surface area contributed by atoms with Gasteiger partial charge >= 0.3 is 0 Å². The Morgan fingerprint density at radius 3 is 2.95 bits per heavy atom. The van der Waals surface area contributed by atoms with E-state index >= 15 is 0 Å². The molecule has 2 N–H and O–H groups in total. The lowest BCUT2D eigenvalue weighted by molar-refractivity contribution is 0.371. The second-order valence-corrected chi connectivity index (χ2v) is 6.92. The van der Waals surface area contributed by atoms with Gasteiger partial charge in [0.1, 0.15) is 0 Å². The highest BCUT2D eigenvalue weighted by atomic mass is 32.2. The lowest BCUT2D eigenvalue weighted by atomic mass is 10.2. The van der Waals surface area contributed by atoms with Gasteiger partial charge in [0, 0.05) is 18.7 Å². The molecule has 7 nitrogen and oxygen atoms in total. The first-order chi connectivity index (χ1) is 10.5. The number of nitrogens with two attached hydrogens (primary N) is 1. The largest absolute Gasteiger partial charge is 0.362 e. The minimum Gasteiger partial charge on any atom is -0.362 e. The van der Waals surface area contributed by atoms with Crippen LogP contribution in [0.25, 0.3) is 0 Å². The summed E-state index contributed by atoms with van der Waals surface area (Å²) in [5.41, 5.74) is 1.96. The number of benzene rings is 1. The van der Waals surface area contributed by atoms with Crippen molar-refractivity contribution in [1.29, 1.82) is 0 Å². The fraction of sp³-hybridized carbons (Fsp3) is 0.429. The molecule has 3 rings (SSSR count). The minimum absolute atomic E-state index is 0.149. The molecule has 0 fully saturated rings. The van der Waals surface area contributed by atoms with Crippen molar-refractivity contribution in [3.63, 3.8) is 0 Å². The van der Waals surface area contributed by atoms with Crippen LogP contribution in [-0.2, 0) is 29.4 Å². The predicted octanol–water partition coefficient (Wildman–Crippen LogP) is 1.23. The summed E-state index contributed by atoms with van der Waals surface area (Å²) >= 11 is 0. The van der Waals surface area contributed by atoms with Crippen molar-refractivity contribution in [2.45, 2.75) is 37.6 Å². The maximum Gasteiger partial charge on any atom is 0.246 e. The summed E-state index contributed by atoms with van der Waals surface area (Å²) < 4.78 is 28.1. The number of hydrogen-bond donors (Lipinski definition) is 1. The molecule has 0 amide bonds. The van der Waals surface area contributed by atoms with Gasteiger partial charge in [-0.2, -0.15) is 4.98 Å². The Bertz CT molecular complexity index is 785. The van der Waals surface area contributed by atoms with E-state index in [9.17, 15) is 8.42 Å². The quantitative estimate of drug-likeness (QED) is 0.888. The summed E-state index contributed by atoms with van der Waals surface area (Å²) in [7, 11) is -3.66. The molecule has 0 radical (unpaired) electrons. The van der Waals surface area contributed by atoms with Crippen molar-refractivity contribution in [2.24, 2.45) is 5.14 Å². The smallest absolute Gasteiger partial charge is 0.246 e. The number of aryl methyl sites for hydroxylation is 1. The molecule has 0 atom stereocenters. The monoisotopic (exact) mass is 322 g/mol. The highest BCUT2D eigenvalue weighted by Gasteiger charge is 2.23. The number of anilines is 1. The molecule has 1 aromatic heterocycles. The van der Waals surface area contributed by atoms with Crippen LogP contribution in [0.15, 0.2) is 27.6 Å². The van der Waals surface area contributed by atoms with Crippen LogP contribution >= 0.6 is 0 Å². The molecular weight excluding hydrogens is 304 g/mol. The molecule has 118 valence electrons. The van der Waals surface area contributed by atoms with Gasteiger partial charge in [-0.05, 0) is 36.6 Å². The molecule has 1 aliphatic rings. The number of fused-ring (bicyclic) bond motifs is 1. The SMILES string of the molecule is CCCc1noc(CN2CCc3cc(S(N)(=O)=O)ccc32)n1. The maximum absolute atomic E-state index is 11.4. The van der Waals surface area contributed by atoms with Crippen LogP contribution in [0.2, 0.25) is 0 Å². The highest BCUT2D eigenvalue weighted by molar-refractivity contribution is 7.89. The summed E-state index contributed by atoms with van der Waals surface area (Å²) in [6.07, 6.45) is 2.55. The van der Waals surface area contributed by atoms with Crippen molar-refractivity contribution >= 4 is 15.7 Å². The van der Waals surface area contributed by atoms with Crippen LogP contribution in [0.1, 0.15) is 30.6 Å². The van der Waals surface area contributed by atoms with E-state index < -0.39 is 10.0 Å². The third kappa shape index (κ3) is 2.97. The number of aromatic nitrogens is 2. The molecule has 0 aliphatic carbocycles. The summed E-state index contributed by atoms with van der Waals surface area (Å²) in [6, 6.07) is 4.95. The fourth-order valence-corrected chi connectivity index (χ4v) is 3.19. The number of primary sulfonamides is 1. The number of rotatable bonds is 5. The van der Waals surface area contributed by atoms with E-state index in [0.717, 1.165) is 42.9 Å². The van der Waals surface area contributed by atoms with Gasteiger partial charge in [0.2, 0.25) is 15.9 Å². The molecule has 2 aromatic rings. The van der Waals surface area contributed by atoms with Crippen molar-refractivity contribution in [3.05, 3.63) is 35.5 Å². The van der Waals surface area contributed by atoms with E-state index in [4.69, 9.17) is 9.66 Å². The van der Waals surface area contributed by atoms with Gasteiger partial charge in [0.15, 0.2) is 5.82 Å². The van der Waals surface area contributed by atoms with Gasteiger partial charge in [0.25, 0.3) is 0 Å². The van der Waals surface area contributed by atoms with E-state index in [1.165, 1.54) is 6.07 Å². The summed E-state index contributed by atoms with van der Waals surface area (Å²) in [4.78, 5) is 6.61. The van der Waals surface area contributed by atoms with Crippen LogP contribution in [0.4, 0.5) is 5.69 Å². The molecule has 0 unspecified atom stereocenters. The first kappa shape index (κ1) is 15.0. The first-order valence-corrected chi connectivity index (χ1v) is 8.74. The number of hydrogen-bond acceptors (Lipinski definition) is 6. The van der Waals surface area contributed by atoms with Crippen molar-refractivity contribution in [1.82, 2.24) is 10.1 Å². The van der Waals surface area contributed by atoms with Gasteiger partial charge in [-0.15, -0.1) is 0 Å². The zero-order valence-electron chi connectivity index (χ0n) is 12.3. The molecular formula is C14H18N4O3S. The minimum atomic E-state index is -3.66. The van der Waals surface area contributed by atoms with Gasteiger partial charge in [0.05, 0.1) is 11.4 Å². The van der Waals surface area contributed by atoms with Crippen molar-refractivity contribution in [2.75, 3.05) is 11.4 Å². The molecule has 8 heteroatoms. The molecule has 0 saturated heterocycles. The maximum atomic E-state index is 11.4. The normalized spacial score (nSPS) is 14.4. The lowest BCUT2D eigenvalue weighted by Crippen LogP contribution is -2.20. The first-order valence-electron chi connectivity index (χ1n) is 7.19. The Morgan fingerprint density at radius 2 is 2.23 bits per heavy atom. The van der Waals surface area contributed by atoms with E-state index in [1.54, 1.807) is 12.1 Å². The topological polar surface area (TPSA) is 102 Å². The molecule has 22 heavy (non-hydrogen) atoms. The van der Waals surface area contributed by atoms with Crippen LogP contribution in [0.3, 0.4) is 0 Å². The van der Waals surface area contributed by atoms with E-state index in [-0.39, 0.29) is 4.90 Å². The highest BCUT2D eigenvalue weighted by Crippen LogP contribution is 2.30. The number of sulfonamides is 1. The molecule has 2 heterocycles. The molecule has 0 bridgehead atoms. The van der Waals surface area contributed by atoms with Crippen LogP contribution in [0.5, 0.6) is 0 Å². The summed E-state index contributed by atoms with van der Waals surface area (Å²) in [6.45, 7) is 3.38. The lowest BCUT2D eigenvalue weighted by Gasteiger charge is -2.16. The molecule has 0 spiro atoms. The second-order valence-electron chi connectivity index (χ2n) is 5.36. The molecule has 1 aliphatic heterocycles. The summed E-state index contributed by atoms with van der Waals surface area (Å²) in [5, 5.41) is 9.11. The van der Waals surface area contributed by atoms with E-state index in [2.05, 4.69) is 22.0 Å². The van der Waals surface area contributed by atoms with E-state index in [1.807, 2.05) is 0 Å².